The number of benzene rings is 2. The summed E-state index contributed by atoms with van der Waals surface area (Å²) in [7, 11) is 0. The molecule has 4 nitrogen and oxygen atoms in total. The second-order valence-electron chi connectivity index (χ2n) is 5.14. The van der Waals surface area contributed by atoms with E-state index in [1.807, 2.05) is 36.4 Å². The predicted octanol–water partition coefficient (Wildman–Crippen LogP) is 3.14. The summed E-state index contributed by atoms with van der Waals surface area (Å²) >= 11 is 0. The van der Waals surface area contributed by atoms with Crippen molar-refractivity contribution in [3.63, 3.8) is 0 Å². The van der Waals surface area contributed by atoms with Crippen LogP contribution in [0.1, 0.15) is 11.1 Å². The SMILES string of the molecule is C=CCc1ccccc1OCC(O)CNc1cccc(C#N)c1. The summed E-state index contributed by atoms with van der Waals surface area (Å²) in [6.07, 6.45) is 1.89. The van der Waals surface area contributed by atoms with Crippen LogP contribution in [0.25, 0.3) is 0 Å². The van der Waals surface area contributed by atoms with Gasteiger partial charge in [0.2, 0.25) is 0 Å². The normalized spacial score (nSPS) is 11.3. The average Bonchev–Trinajstić information content (AvgIpc) is 2.59. The maximum atomic E-state index is 10.0. The second-order valence-corrected chi connectivity index (χ2v) is 5.14. The molecule has 2 N–H and O–H groups in total. The Morgan fingerprint density at radius 1 is 1.26 bits per heavy atom. The molecule has 1 atom stereocenters. The van der Waals surface area contributed by atoms with Gasteiger partial charge in [0.1, 0.15) is 18.5 Å². The van der Waals surface area contributed by atoms with Crippen LogP contribution in [0.4, 0.5) is 5.69 Å². The van der Waals surface area contributed by atoms with Gasteiger partial charge in [-0.2, -0.15) is 5.26 Å². The summed E-state index contributed by atoms with van der Waals surface area (Å²) in [5, 5.41) is 22.0. The number of ether oxygens (including phenoxy) is 1. The highest BCUT2D eigenvalue weighted by atomic mass is 16.5. The van der Waals surface area contributed by atoms with Gasteiger partial charge in [-0.25, -0.2) is 0 Å². The summed E-state index contributed by atoms with van der Waals surface area (Å²) in [6, 6.07) is 16.9. The van der Waals surface area contributed by atoms with Crippen LogP contribution < -0.4 is 10.1 Å². The molecule has 118 valence electrons. The fraction of sp³-hybridized carbons (Fsp3) is 0.211. The van der Waals surface area contributed by atoms with Crippen LogP contribution in [-0.2, 0) is 6.42 Å². The molecule has 0 radical (unpaired) electrons. The van der Waals surface area contributed by atoms with Crippen molar-refractivity contribution in [2.45, 2.75) is 12.5 Å². The minimum atomic E-state index is -0.655. The van der Waals surface area contributed by atoms with E-state index in [2.05, 4.69) is 18.0 Å². The van der Waals surface area contributed by atoms with E-state index < -0.39 is 6.10 Å². The minimum absolute atomic E-state index is 0.194. The number of aliphatic hydroxyl groups excluding tert-OH is 1. The summed E-state index contributed by atoms with van der Waals surface area (Å²) in [4.78, 5) is 0. The number of nitrogens with one attached hydrogen (secondary N) is 1. The molecule has 0 spiro atoms. The smallest absolute Gasteiger partial charge is 0.122 e. The molecular formula is C19H20N2O2. The number of nitriles is 1. The zero-order valence-electron chi connectivity index (χ0n) is 12.9. The molecule has 4 heteroatoms. The molecule has 2 aromatic carbocycles. The Morgan fingerprint density at radius 3 is 2.87 bits per heavy atom. The predicted molar refractivity (Wildman–Crippen MR) is 91.5 cm³/mol. The van der Waals surface area contributed by atoms with Crippen molar-refractivity contribution < 1.29 is 9.84 Å². The number of para-hydroxylation sites is 1. The van der Waals surface area contributed by atoms with Crippen molar-refractivity contribution >= 4 is 5.69 Å². The molecule has 0 aliphatic rings. The van der Waals surface area contributed by atoms with Crippen molar-refractivity contribution in [3.05, 3.63) is 72.3 Å². The summed E-state index contributed by atoms with van der Waals surface area (Å²) in [5.41, 5.74) is 2.43. The molecule has 2 rings (SSSR count). The topological polar surface area (TPSA) is 65.3 Å². The van der Waals surface area contributed by atoms with Crippen molar-refractivity contribution in [3.8, 4) is 11.8 Å². The Bertz CT molecular complexity index is 692. The Morgan fingerprint density at radius 2 is 2.09 bits per heavy atom. The van der Waals surface area contributed by atoms with Crippen LogP contribution >= 0.6 is 0 Å². The van der Waals surface area contributed by atoms with Gasteiger partial charge in [0.25, 0.3) is 0 Å². The third kappa shape index (κ3) is 5.17. The van der Waals surface area contributed by atoms with Crippen molar-refractivity contribution in [2.24, 2.45) is 0 Å². The lowest BCUT2D eigenvalue weighted by atomic mass is 10.1. The lowest BCUT2D eigenvalue weighted by Gasteiger charge is -2.15. The van der Waals surface area contributed by atoms with Crippen LogP contribution in [0.3, 0.4) is 0 Å². The number of hydrogen-bond donors (Lipinski definition) is 2. The monoisotopic (exact) mass is 308 g/mol. The highest BCUT2D eigenvalue weighted by Gasteiger charge is 2.07. The maximum absolute atomic E-state index is 10.0. The fourth-order valence-electron chi connectivity index (χ4n) is 2.15. The van der Waals surface area contributed by atoms with Crippen LogP contribution in [0.15, 0.2) is 61.2 Å². The van der Waals surface area contributed by atoms with Gasteiger partial charge in [0.05, 0.1) is 11.6 Å². The maximum Gasteiger partial charge on any atom is 0.122 e. The van der Waals surface area contributed by atoms with Crippen molar-refractivity contribution in [2.75, 3.05) is 18.5 Å². The molecule has 0 bridgehead atoms. The van der Waals surface area contributed by atoms with E-state index in [9.17, 15) is 5.11 Å². The lowest BCUT2D eigenvalue weighted by Crippen LogP contribution is -2.26. The van der Waals surface area contributed by atoms with Gasteiger partial charge in [-0.3, -0.25) is 0 Å². The first-order valence-corrected chi connectivity index (χ1v) is 7.46. The molecule has 0 aromatic heterocycles. The highest BCUT2D eigenvalue weighted by Crippen LogP contribution is 2.19. The highest BCUT2D eigenvalue weighted by molar-refractivity contribution is 5.49. The molecule has 0 fully saturated rings. The molecule has 0 saturated carbocycles. The first kappa shape index (κ1) is 16.6. The van der Waals surface area contributed by atoms with E-state index in [1.165, 1.54) is 0 Å². The van der Waals surface area contributed by atoms with E-state index in [1.54, 1.807) is 18.2 Å². The zero-order valence-corrected chi connectivity index (χ0v) is 12.9. The fourth-order valence-corrected chi connectivity index (χ4v) is 2.15. The molecule has 0 amide bonds. The minimum Gasteiger partial charge on any atom is -0.491 e. The summed E-state index contributed by atoms with van der Waals surface area (Å²) in [6.45, 7) is 4.27. The largest absolute Gasteiger partial charge is 0.491 e. The van der Waals surface area contributed by atoms with E-state index in [-0.39, 0.29) is 6.61 Å². The van der Waals surface area contributed by atoms with Gasteiger partial charge < -0.3 is 15.2 Å². The number of allylic oxidation sites excluding steroid dienone is 1. The second kappa shape index (κ2) is 8.62. The van der Waals surface area contributed by atoms with Crippen LogP contribution in [0.5, 0.6) is 5.75 Å². The van der Waals surface area contributed by atoms with Crippen LogP contribution in [0, 0.1) is 11.3 Å². The molecule has 23 heavy (non-hydrogen) atoms. The lowest BCUT2D eigenvalue weighted by molar-refractivity contribution is 0.117. The van der Waals surface area contributed by atoms with E-state index >= 15 is 0 Å². The Labute approximate surface area is 136 Å². The third-order valence-electron chi connectivity index (χ3n) is 3.30. The van der Waals surface area contributed by atoms with Gasteiger partial charge in [-0.1, -0.05) is 30.3 Å². The molecule has 0 saturated heterocycles. The number of aliphatic hydroxyl groups is 1. The Kier molecular flexibility index (Phi) is 6.22. The van der Waals surface area contributed by atoms with Crippen molar-refractivity contribution in [1.29, 1.82) is 5.26 Å². The first-order chi connectivity index (χ1) is 11.2. The van der Waals surface area contributed by atoms with Crippen molar-refractivity contribution in [1.82, 2.24) is 0 Å². The first-order valence-electron chi connectivity index (χ1n) is 7.46. The number of rotatable bonds is 8. The van der Waals surface area contributed by atoms with Gasteiger partial charge in [-0.15, -0.1) is 6.58 Å². The quantitative estimate of drug-likeness (QED) is 0.735. The third-order valence-corrected chi connectivity index (χ3v) is 3.30. The van der Waals surface area contributed by atoms with E-state index in [0.29, 0.717) is 12.1 Å². The zero-order chi connectivity index (χ0) is 16.5. The van der Waals surface area contributed by atoms with Gasteiger partial charge in [-0.05, 0) is 36.2 Å². The molecule has 1 unspecified atom stereocenters. The number of hydrogen-bond acceptors (Lipinski definition) is 4. The van der Waals surface area contributed by atoms with Gasteiger partial charge in [0, 0.05) is 12.2 Å². The molecule has 2 aromatic rings. The number of anilines is 1. The average molecular weight is 308 g/mol. The van der Waals surface area contributed by atoms with Crippen LogP contribution in [-0.4, -0.2) is 24.4 Å². The summed E-state index contributed by atoms with van der Waals surface area (Å²) < 4.78 is 5.69. The Hall–Kier alpha value is -2.77. The van der Waals surface area contributed by atoms with E-state index in [0.717, 1.165) is 23.4 Å². The van der Waals surface area contributed by atoms with E-state index in [4.69, 9.17) is 10.00 Å². The number of nitrogens with zero attached hydrogens (tertiary/aromatic N) is 1. The molecule has 0 aliphatic heterocycles. The standard InChI is InChI=1S/C19H20N2O2/c1-2-6-16-8-3-4-10-19(16)23-14-18(22)13-21-17-9-5-7-15(11-17)12-20/h2-5,7-11,18,21-22H,1,6,13-14H2. The molecule has 0 aliphatic carbocycles. The molecular weight excluding hydrogens is 288 g/mol. The van der Waals surface area contributed by atoms with Gasteiger partial charge >= 0.3 is 0 Å². The summed E-state index contributed by atoms with van der Waals surface area (Å²) in [5.74, 6) is 0.762. The van der Waals surface area contributed by atoms with Crippen LogP contribution in [0.2, 0.25) is 0 Å². The van der Waals surface area contributed by atoms with Gasteiger partial charge in [0.15, 0.2) is 0 Å². The Balaban J connectivity index is 1.84. The molecule has 0 heterocycles.